The van der Waals surface area contributed by atoms with Crippen molar-refractivity contribution >= 4 is 0 Å². The molecule has 0 saturated heterocycles. The van der Waals surface area contributed by atoms with Crippen LogP contribution in [0.3, 0.4) is 0 Å². The van der Waals surface area contributed by atoms with E-state index in [1.165, 1.54) is 24.1 Å². The molecule has 1 aromatic heterocycles. The number of hydrogen-bond acceptors (Lipinski definition) is 1. The second-order valence-corrected chi connectivity index (χ2v) is 5.26. The monoisotopic (exact) mass is 203 g/mol. The number of pyridine rings is 1. The van der Waals surface area contributed by atoms with E-state index >= 15 is 0 Å². The normalized spacial score (nSPS) is 25.4. The van der Waals surface area contributed by atoms with Crippen molar-refractivity contribution in [1.29, 1.82) is 0 Å². The molecule has 0 aliphatic heterocycles. The third kappa shape index (κ3) is 1.92. The van der Waals surface area contributed by atoms with E-state index < -0.39 is 0 Å². The number of aromatic nitrogens is 1. The van der Waals surface area contributed by atoms with Gasteiger partial charge in [-0.15, -0.1) is 0 Å². The highest BCUT2D eigenvalue weighted by Crippen LogP contribution is 2.40. The van der Waals surface area contributed by atoms with Crippen LogP contribution < -0.4 is 0 Å². The summed E-state index contributed by atoms with van der Waals surface area (Å²) in [5.74, 6) is 2.09. The molecule has 2 unspecified atom stereocenters. The van der Waals surface area contributed by atoms with Gasteiger partial charge in [-0.2, -0.15) is 0 Å². The lowest BCUT2D eigenvalue weighted by Crippen LogP contribution is -2.19. The summed E-state index contributed by atoms with van der Waals surface area (Å²) in [6.07, 6.45) is 2.63. The minimum absolute atomic E-state index is 0.677. The van der Waals surface area contributed by atoms with Crippen molar-refractivity contribution in [3.63, 3.8) is 0 Å². The maximum Gasteiger partial charge on any atom is 0.0474 e. The smallest absolute Gasteiger partial charge is 0.0474 e. The Hall–Kier alpha value is -0.850. The molecule has 0 aromatic carbocycles. The van der Waals surface area contributed by atoms with Gasteiger partial charge >= 0.3 is 0 Å². The highest BCUT2D eigenvalue weighted by Gasteiger charge is 2.27. The number of hydrogen-bond donors (Lipinski definition) is 0. The van der Waals surface area contributed by atoms with Crippen LogP contribution >= 0.6 is 0 Å². The Kier molecular flexibility index (Phi) is 2.81. The molecule has 0 N–H and O–H groups in total. The SMILES string of the molecule is Cc1ccc2c(n1)C(C(C)C)CCC2C. The van der Waals surface area contributed by atoms with E-state index in [4.69, 9.17) is 4.98 Å². The first-order valence-corrected chi connectivity index (χ1v) is 6.07. The van der Waals surface area contributed by atoms with Gasteiger partial charge in [-0.05, 0) is 43.2 Å². The van der Waals surface area contributed by atoms with Gasteiger partial charge in [-0.3, -0.25) is 4.98 Å². The van der Waals surface area contributed by atoms with Gasteiger partial charge in [-0.1, -0.05) is 26.8 Å². The van der Waals surface area contributed by atoms with Crippen LogP contribution in [-0.2, 0) is 0 Å². The molecule has 0 amide bonds. The van der Waals surface area contributed by atoms with Crippen molar-refractivity contribution in [2.24, 2.45) is 5.92 Å². The molecular weight excluding hydrogens is 182 g/mol. The molecule has 1 aliphatic carbocycles. The van der Waals surface area contributed by atoms with Crippen LogP contribution in [0.2, 0.25) is 0 Å². The van der Waals surface area contributed by atoms with Gasteiger partial charge in [-0.25, -0.2) is 0 Å². The van der Waals surface area contributed by atoms with Crippen LogP contribution in [0.4, 0.5) is 0 Å². The van der Waals surface area contributed by atoms with Crippen LogP contribution in [0, 0.1) is 12.8 Å². The molecule has 0 fully saturated rings. The second-order valence-electron chi connectivity index (χ2n) is 5.26. The van der Waals surface area contributed by atoms with Crippen LogP contribution in [0.25, 0.3) is 0 Å². The van der Waals surface area contributed by atoms with Crippen molar-refractivity contribution in [1.82, 2.24) is 4.98 Å². The first kappa shape index (κ1) is 10.7. The summed E-state index contributed by atoms with van der Waals surface area (Å²) >= 11 is 0. The first-order chi connectivity index (χ1) is 7.09. The third-order valence-electron chi connectivity index (χ3n) is 3.69. The van der Waals surface area contributed by atoms with Gasteiger partial charge in [0.25, 0.3) is 0 Å². The average Bonchev–Trinajstić information content (AvgIpc) is 2.17. The van der Waals surface area contributed by atoms with Gasteiger partial charge in [0.15, 0.2) is 0 Å². The topological polar surface area (TPSA) is 12.9 Å². The molecule has 0 radical (unpaired) electrons. The largest absolute Gasteiger partial charge is 0.258 e. The van der Waals surface area contributed by atoms with Crippen LogP contribution in [0.1, 0.15) is 62.4 Å². The Labute approximate surface area is 92.9 Å². The highest BCUT2D eigenvalue weighted by atomic mass is 14.7. The van der Waals surface area contributed by atoms with Gasteiger partial charge in [0.1, 0.15) is 0 Å². The highest BCUT2D eigenvalue weighted by molar-refractivity contribution is 5.31. The molecule has 2 atom stereocenters. The van der Waals surface area contributed by atoms with E-state index in [2.05, 4.69) is 39.8 Å². The van der Waals surface area contributed by atoms with Crippen LogP contribution in [0.15, 0.2) is 12.1 Å². The number of aryl methyl sites for hydroxylation is 1. The fourth-order valence-electron chi connectivity index (χ4n) is 2.67. The zero-order valence-corrected chi connectivity index (χ0v) is 10.2. The quantitative estimate of drug-likeness (QED) is 0.671. The number of nitrogens with zero attached hydrogens (tertiary/aromatic N) is 1. The third-order valence-corrected chi connectivity index (χ3v) is 3.69. The fraction of sp³-hybridized carbons (Fsp3) is 0.643. The van der Waals surface area contributed by atoms with Gasteiger partial charge < -0.3 is 0 Å². The Bertz CT molecular complexity index is 354. The predicted octanol–water partition coefficient (Wildman–Crippen LogP) is 4.03. The first-order valence-electron chi connectivity index (χ1n) is 6.07. The van der Waals surface area contributed by atoms with Crippen molar-refractivity contribution in [2.75, 3.05) is 0 Å². The predicted molar refractivity (Wildman–Crippen MR) is 64.2 cm³/mol. The van der Waals surface area contributed by atoms with Gasteiger partial charge in [0.2, 0.25) is 0 Å². The molecule has 1 nitrogen and oxygen atoms in total. The molecule has 0 spiro atoms. The molecule has 0 saturated carbocycles. The average molecular weight is 203 g/mol. The summed E-state index contributed by atoms with van der Waals surface area (Å²) in [7, 11) is 0. The Morgan fingerprint density at radius 1 is 1.27 bits per heavy atom. The van der Waals surface area contributed by atoms with Gasteiger partial charge in [0, 0.05) is 17.3 Å². The summed E-state index contributed by atoms with van der Waals surface area (Å²) < 4.78 is 0. The lowest BCUT2D eigenvalue weighted by molar-refractivity contribution is 0.400. The van der Waals surface area contributed by atoms with Gasteiger partial charge in [0.05, 0.1) is 0 Å². The Balaban J connectivity index is 2.46. The molecule has 2 rings (SSSR count). The minimum atomic E-state index is 0.677. The Morgan fingerprint density at radius 2 is 2.00 bits per heavy atom. The molecule has 0 bridgehead atoms. The number of rotatable bonds is 1. The summed E-state index contributed by atoms with van der Waals surface area (Å²) in [6.45, 7) is 9.05. The van der Waals surface area contributed by atoms with Crippen LogP contribution in [0.5, 0.6) is 0 Å². The number of fused-ring (bicyclic) bond motifs is 1. The molecule has 1 heterocycles. The standard InChI is InChI=1S/C14H21N/c1-9(2)12-7-5-10(3)13-8-6-11(4)15-14(12)13/h6,8-10,12H,5,7H2,1-4H3. The van der Waals surface area contributed by atoms with Crippen molar-refractivity contribution in [3.8, 4) is 0 Å². The molecular formula is C14H21N. The zero-order chi connectivity index (χ0) is 11.0. The summed E-state index contributed by atoms with van der Waals surface area (Å²) in [4.78, 5) is 4.77. The summed E-state index contributed by atoms with van der Waals surface area (Å²) in [5.41, 5.74) is 4.03. The van der Waals surface area contributed by atoms with Crippen molar-refractivity contribution < 1.29 is 0 Å². The van der Waals surface area contributed by atoms with E-state index in [1.807, 2.05) is 0 Å². The van der Waals surface area contributed by atoms with E-state index in [0.29, 0.717) is 17.8 Å². The Morgan fingerprint density at radius 3 is 2.67 bits per heavy atom. The second kappa shape index (κ2) is 3.96. The minimum Gasteiger partial charge on any atom is -0.258 e. The van der Waals surface area contributed by atoms with E-state index in [0.717, 1.165) is 5.69 Å². The molecule has 1 aromatic rings. The maximum atomic E-state index is 4.77. The van der Waals surface area contributed by atoms with Crippen molar-refractivity contribution in [3.05, 3.63) is 29.1 Å². The van der Waals surface area contributed by atoms with Crippen LogP contribution in [-0.4, -0.2) is 4.98 Å². The summed E-state index contributed by atoms with van der Waals surface area (Å²) in [6, 6.07) is 4.44. The summed E-state index contributed by atoms with van der Waals surface area (Å²) in [5, 5.41) is 0. The lowest BCUT2D eigenvalue weighted by atomic mass is 9.76. The molecule has 1 heteroatoms. The molecule has 15 heavy (non-hydrogen) atoms. The van der Waals surface area contributed by atoms with E-state index in [-0.39, 0.29) is 0 Å². The zero-order valence-electron chi connectivity index (χ0n) is 10.2. The van der Waals surface area contributed by atoms with Crippen molar-refractivity contribution in [2.45, 2.75) is 52.4 Å². The fourth-order valence-corrected chi connectivity index (χ4v) is 2.67. The van der Waals surface area contributed by atoms with E-state index in [1.54, 1.807) is 0 Å². The lowest BCUT2D eigenvalue weighted by Gasteiger charge is -2.31. The molecule has 82 valence electrons. The van der Waals surface area contributed by atoms with E-state index in [9.17, 15) is 0 Å². The molecule has 1 aliphatic rings. The maximum absolute atomic E-state index is 4.77.